The van der Waals surface area contributed by atoms with Crippen molar-refractivity contribution >= 4 is 23.0 Å². The van der Waals surface area contributed by atoms with Gasteiger partial charge < -0.3 is 5.11 Å². The molecule has 0 radical (unpaired) electrons. The molecule has 0 aromatic heterocycles. The fourth-order valence-electron chi connectivity index (χ4n) is 0.409. The van der Waals surface area contributed by atoms with Crippen LogP contribution < -0.4 is 0 Å². The van der Waals surface area contributed by atoms with Gasteiger partial charge in [-0.2, -0.15) is 0 Å². The van der Waals surface area contributed by atoms with Gasteiger partial charge in [0.15, 0.2) is 0 Å². The molecule has 0 saturated heterocycles. The third kappa shape index (κ3) is 5.56. The second-order valence-corrected chi connectivity index (χ2v) is 1.66. The van der Waals surface area contributed by atoms with Crippen LogP contribution in [0.4, 0.5) is 0 Å². The van der Waals surface area contributed by atoms with Crippen LogP contribution in [0.3, 0.4) is 0 Å². The number of rotatable bonds is 3. The van der Waals surface area contributed by atoms with Crippen molar-refractivity contribution in [2.24, 2.45) is 0 Å². The van der Waals surface area contributed by atoms with E-state index in [4.69, 9.17) is 5.11 Å². The van der Waals surface area contributed by atoms with Crippen LogP contribution in [0.5, 0.6) is 0 Å². The summed E-state index contributed by atoms with van der Waals surface area (Å²) in [6.45, 7) is 5.27. The van der Waals surface area contributed by atoms with Crippen molar-refractivity contribution in [2.75, 3.05) is 0 Å². The highest BCUT2D eigenvalue weighted by molar-refractivity contribution is 8.93. The number of halogens is 1. The van der Waals surface area contributed by atoms with Crippen molar-refractivity contribution in [3.63, 3.8) is 0 Å². The van der Waals surface area contributed by atoms with E-state index in [0.717, 1.165) is 6.42 Å². The number of hydrogen-bond donors (Lipinski definition) is 1. The molecule has 2 nitrogen and oxygen atoms in total. The SMILES string of the molecule is Br.C=C(CCC)C(=O)O. The minimum absolute atomic E-state index is 0. The van der Waals surface area contributed by atoms with E-state index in [0.29, 0.717) is 12.0 Å². The van der Waals surface area contributed by atoms with Gasteiger partial charge in [0.1, 0.15) is 0 Å². The smallest absolute Gasteiger partial charge is 0.330 e. The van der Waals surface area contributed by atoms with Crippen LogP contribution in [0.25, 0.3) is 0 Å². The normalized spacial score (nSPS) is 7.67. The van der Waals surface area contributed by atoms with Crippen LogP contribution in [0.15, 0.2) is 12.2 Å². The molecule has 9 heavy (non-hydrogen) atoms. The Kier molecular flexibility index (Phi) is 7.43. The van der Waals surface area contributed by atoms with E-state index >= 15 is 0 Å². The van der Waals surface area contributed by atoms with Gasteiger partial charge in [0.05, 0.1) is 0 Å². The minimum Gasteiger partial charge on any atom is -0.478 e. The Balaban J connectivity index is 0. The Hall–Kier alpha value is -0.310. The van der Waals surface area contributed by atoms with E-state index in [-0.39, 0.29) is 17.0 Å². The van der Waals surface area contributed by atoms with E-state index < -0.39 is 5.97 Å². The van der Waals surface area contributed by atoms with Gasteiger partial charge in [-0.1, -0.05) is 19.9 Å². The van der Waals surface area contributed by atoms with Gasteiger partial charge in [0.25, 0.3) is 0 Å². The predicted octanol–water partition coefficient (Wildman–Crippen LogP) is 2.01. The van der Waals surface area contributed by atoms with Crippen LogP contribution in [-0.2, 0) is 4.79 Å². The van der Waals surface area contributed by atoms with Crippen molar-refractivity contribution in [1.82, 2.24) is 0 Å². The molecule has 0 aliphatic heterocycles. The fourth-order valence-corrected chi connectivity index (χ4v) is 0.409. The molecule has 0 bridgehead atoms. The summed E-state index contributed by atoms with van der Waals surface area (Å²) in [6.07, 6.45) is 1.44. The number of carboxylic acid groups (broad SMARTS) is 1. The van der Waals surface area contributed by atoms with Crippen molar-refractivity contribution in [3.8, 4) is 0 Å². The standard InChI is InChI=1S/C6H10O2.BrH/c1-3-4-5(2)6(7)8;/h2-4H2,1H3,(H,7,8);1H. The summed E-state index contributed by atoms with van der Waals surface area (Å²) in [6, 6.07) is 0. The molecule has 0 amide bonds. The van der Waals surface area contributed by atoms with E-state index in [2.05, 4.69) is 6.58 Å². The largest absolute Gasteiger partial charge is 0.478 e. The van der Waals surface area contributed by atoms with Gasteiger partial charge in [-0.25, -0.2) is 4.79 Å². The van der Waals surface area contributed by atoms with Crippen LogP contribution in [0.2, 0.25) is 0 Å². The van der Waals surface area contributed by atoms with Crippen molar-refractivity contribution in [2.45, 2.75) is 19.8 Å². The first kappa shape index (κ1) is 11.5. The zero-order valence-corrected chi connectivity index (χ0v) is 7.10. The van der Waals surface area contributed by atoms with Gasteiger partial charge in [-0.3, -0.25) is 0 Å². The zero-order chi connectivity index (χ0) is 6.57. The lowest BCUT2D eigenvalue weighted by Crippen LogP contribution is -1.97. The Morgan fingerprint density at radius 3 is 2.22 bits per heavy atom. The molecule has 0 rings (SSSR count). The highest BCUT2D eigenvalue weighted by Crippen LogP contribution is 1.99. The predicted molar refractivity (Wildman–Crippen MR) is 42.0 cm³/mol. The fraction of sp³-hybridized carbons (Fsp3) is 0.500. The summed E-state index contributed by atoms with van der Waals surface area (Å²) in [5.74, 6) is -0.883. The Morgan fingerprint density at radius 1 is 1.67 bits per heavy atom. The maximum absolute atomic E-state index is 9.99. The molecule has 0 aliphatic carbocycles. The maximum atomic E-state index is 9.99. The van der Waals surface area contributed by atoms with Crippen molar-refractivity contribution in [1.29, 1.82) is 0 Å². The molecule has 3 heteroatoms. The van der Waals surface area contributed by atoms with E-state index in [1.165, 1.54) is 0 Å². The molecule has 54 valence electrons. The second-order valence-electron chi connectivity index (χ2n) is 1.66. The van der Waals surface area contributed by atoms with Crippen LogP contribution >= 0.6 is 17.0 Å². The molecular formula is C6H11BrO2. The van der Waals surface area contributed by atoms with Gasteiger partial charge in [-0.15, -0.1) is 17.0 Å². The third-order valence-corrected chi connectivity index (χ3v) is 0.854. The number of carboxylic acids is 1. The van der Waals surface area contributed by atoms with Crippen molar-refractivity contribution < 1.29 is 9.90 Å². The molecule has 0 heterocycles. The first-order valence-corrected chi connectivity index (χ1v) is 2.59. The van der Waals surface area contributed by atoms with Crippen LogP contribution in [-0.4, -0.2) is 11.1 Å². The summed E-state index contributed by atoms with van der Waals surface area (Å²) in [5.41, 5.74) is 0.299. The highest BCUT2D eigenvalue weighted by Gasteiger charge is 1.99. The van der Waals surface area contributed by atoms with E-state index in [1.54, 1.807) is 0 Å². The molecule has 0 spiro atoms. The zero-order valence-electron chi connectivity index (χ0n) is 5.39. The highest BCUT2D eigenvalue weighted by atomic mass is 79.9. The lowest BCUT2D eigenvalue weighted by molar-refractivity contribution is -0.132. The maximum Gasteiger partial charge on any atom is 0.330 e. The molecule has 0 unspecified atom stereocenters. The molecule has 0 saturated carbocycles. The lowest BCUT2D eigenvalue weighted by Gasteiger charge is -1.92. The Bertz CT molecular complexity index is 110. The third-order valence-electron chi connectivity index (χ3n) is 0.854. The summed E-state index contributed by atoms with van der Waals surface area (Å²) >= 11 is 0. The molecule has 1 N–H and O–H groups in total. The first-order valence-electron chi connectivity index (χ1n) is 2.59. The average molecular weight is 195 g/mol. The minimum atomic E-state index is -0.883. The molecular weight excluding hydrogens is 184 g/mol. The second kappa shape index (κ2) is 5.82. The number of aliphatic carboxylic acids is 1. The molecule has 0 aliphatic rings. The Labute approximate surface area is 65.3 Å². The van der Waals surface area contributed by atoms with Gasteiger partial charge in [0, 0.05) is 5.57 Å². The molecule has 0 atom stereocenters. The Morgan fingerprint density at radius 2 is 2.11 bits per heavy atom. The summed E-state index contributed by atoms with van der Waals surface area (Å²) in [4.78, 5) is 9.99. The molecule has 0 aromatic rings. The quantitative estimate of drug-likeness (QED) is 0.699. The van der Waals surface area contributed by atoms with Crippen LogP contribution in [0.1, 0.15) is 19.8 Å². The number of hydrogen-bond acceptors (Lipinski definition) is 1. The summed E-state index contributed by atoms with van der Waals surface area (Å²) < 4.78 is 0. The lowest BCUT2D eigenvalue weighted by atomic mass is 10.2. The van der Waals surface area contributed by atoms with Gasteiger partial charge in [-0.05, 0) is 6.42 Å². The van der Waals surface area contributed by atoms with Gasteiger partial charge >= 0.3 is 5.97 Å². The first-order chi connectivity index (χ1) is 3.68. The monoisotopic (exact) mass is 194 g/mol. The topological polar surface area (TPSA) is 37.3 Å². The average Bonchev–Trinajstić information content (AvgIpc) is 1.67. The van der Waals surface area contributed by atoms with Gasteiger partial charge in [0.2, 0.25) is 0 Å². The van der Waals surface area contributed by atoms with Crippen molar-refractivity contribution in [3.05, 3.63) is 12.2 Å². The van der Waals surface area contributed by atoms with E-state index in [1.807, 2.05) is 6.92 Å². The molecule has 0 fully saturated rings. The van der Waals surface area contributed by atoms with E-state index in [9.17, 15) is 4.79 Å². The molecule has 0 aromatic carbocycles. The number of carbonyl (C=O) groups is 1. The summed E-state index contributed by atoms with van der Waals surface area (Å²) in [5, 5.41) is 8.21. The summed E-state index contributed by atoms with van der Waals surface area (Å²) in [7, 11) is 0. The van der Waals surface area contributed by atoms with Crippen LogP contribution in [0, 0.1) is 0 Å².